The molecule has 0 bridgehead atoms. The summed E-state index contributed by atoms with van der Waals surface area (Å²) in [5.74, 6) is 2.01. The van der Waals surface area contributed by atoms with Crippen LogP contribution in [0.15, 0.2) is 18.2 Å². The molecule has 0 fully saturated rings. The SMILES string of the molecule is COc1cc(CNC(CCO)C(C)C)ccc1OC(C)C. The lowest BCUT2D eigenvalue weighted by molar-refractivity contribution is 0.230. The molecule has 4 heteroatoms. The van der Waals surface area contributed by atoms with Crippen molar-refractivity contribution in [3.8, 4) is 11.5 Å². The van der Waals surface area contributed by atoms with E-state index in [0.717, 1.165) is 30.0 Å². The van der Waals surface area contributed by atoms with Gasteiger partial charge in [0.2, 0.25) is 0 Å². The molecule has 0 aliphatic carbocycles. The maximum Gasteiger partial charge on any atom is 0.161 e. The molecule has 0 aliphatic rings. The van der Waals surface area contributed by atoms with Gasteiger partial charge in [-0.05, 0) is 43.9 Å². The second-order valence-corrected chi connectivity index (χ2v) is 5.90. The predicted octanol–water partition coefficient (Wildman–Crippen LogP) is 2.98. The zero-order chi connectivity index (χ0) is 15.8. The molecule has 0 amide bonds. The van der Waals surface area contributed by atoms with Crippen LogP contribution in [0.5, 0.6) is 11.5 Å². The Kier molecular flexibility index (Phi) is 7.54. The van der Waals surface area contributed by atoms with Crippen LogP contribution in [0.3, 0.4) is 0 Å². The summed E-state index contributed by atoms with van der Waals surface area (Å²) in [6, 6.07) is 6.31. The number of benzene rings is 1. The molecule has 21 heavy (non-hydrogen) atoms. The van der Waals surface area contributed by atoms with Gasteiger partial charge in [-0.3, -0.25) is 0 Å². The molecular weight excluding hydrogens is 266 g/mol. The molecule has 2 N–H and O–H groups in total. The quantitative estimate of drug-likeness (QED) is 0.735. The third-order valence-corrected chi connectivity index (χ3v) is 3.40. The average molecular weight is 295 g/mol. The van der Waals surface area contributed by atoms with Gasteiger partial charge in [0, 0.05) is 19.2 Å². The van der Waals surface area contributed by atoms with E-state index in [1.165, 1.54) is 0 Å². The number of ether oxygens (including phenoxy) is 2. The second kappa shape index (κ2) is 8.90. The van der Waals surface area contributed by atoms with Crippen molar-refractivity contribution >= 4 is 0 Å². The summed E-state index contributed by atoms with van der Waals surface area (Å²) in [5, 5.41) is 12.6. The third kappa shape index (κ3) is 5.94. The highest BCUT2D eigenvalue weighted by Crippen LogP contribution is 2.29. The van der Waals surface area contributed by atoms with Gasteiger partial charge in [0.25, 0.3) is 0 Å². The van der Waals surface area contributed by atoms with Gasteiger partial charge in [-0.1, -0.05) is 19.9 Å². The van der Waals surface area contributed by atoms with Crippen LogP contribution >= 0.6 is 0 Å². The van der Waals surface area contributed by atoms with Gasteiger partial charge in [-0.2, -0.15) is 0 Å². The fraction of sp³-hybridized carbons (Fsp3) is 0.647. The Morgan fingerprint density at radius 1 is 1.14 bits per heavy atom. The van der Waals surface area contributed by atoms with Crippen molar-refractivity contribution in [3.05, 3.63) is 23.8 Å². The summed E-state index contributed by atoms with van der Waals surface area (Å²) in [6.07, 6.45) is 0.890. The van der Waals surface area contributed by atoms with Crippen LogP contribution in [-0.2, 0) is 6.54 Å². The number of aliphatic hydroxyl groups is 1. The Balaban J connectivity index is 2.71. The Hall–Kier alpha value is -1.26. The van der Waals surface area contributed by atoms with Crippen LogP contribution in [-0.4, -0.2) is 31.0 Å². The Bertz CT molecular complexity index is 418. The fourth-order valence-corrected chi connectivity index (χ4v) is 2.23. The van der Waals surface area contributed by atoms with Crippen LogP contribution < -0.4 is 14.8 Å². The van der Waals surface area contributed by atoms with E-state index >= 15 is 0 Å². The Morgan fingerprint density at radius 2 is 1.86 bits per heavy atom. The molecular formula is C17H29NO3. The zero-order valence-electron chi connectivity index (χ0n) is 13.8. The van der Waals surface area contributed by atoms with Crippen LogP contribution in [0.2, 0.25) is 0 Å². The summed E-state index contributed by atoms with van der Waals surface area (Å²) in [6.45, 7) is 9.27. The highest BCUT2D eigenvalue weighted by molar-refractivity contribution is 5.43. The van der Waals surface area contributed by atoms with E-state index in [1.807, 2.05) is 32.0 Å². The molecule has 1 unspecified atom stereocenters. The van der Waals surface area contributed by atoms with E-state index in [1.54, 1.807) is 7.11 Å². The maximum absolute atomic E-state index is 9.11. The van der Waals surface area contributed by atoms with E-state index < -0.39 is 0 Å². The van der Waals surface area contributed by atoms with Crippen molar-refractivity contribution in [1.29, 1.82) is 0 Å². The van der Waals surface area contributed by atoms with E-state index in [0.29, 0.717) is 12.0 Å². The van der Waals surface area contributed by atoms with Gasteiger partial charge in [0.05, 0.1) is 13.2 Å². The molecule has 0 saturated heterocycles. The topological polar surface area (TPSA) is 50.7 Å². The first-order chi connectivity index (χ1) is 9.97. The molecule has 0 heterocycles. The summed E-state index contributed by atoms with van der Waals surface area (Å²) in [5.41, 5.74) is 1.14. The maximum atomic E-state index is 9.11. The lowest BCUT2D eigenvalue weighted by atomic mass is 10.0. The molecule has 4 nitrogen and oxygen atoms in total. The minimum atomic E-state index is 0.123. The van der Waals surface area contributed by atoms with Gasteiger partial charge < -0.3 is 19.9 Å². The minimum Gasteiger partial charge on any atom is -0.493 e. The normalized spacial score (nSPS) is 12.8. The molecule has 1 atom stereocenters. The number of methoxy groups -OCH3 is 1. The van der Waals surface area contributed by atoms with Crippen molar-refractivity contribution in [2.75, 3.05) is 13.7 Å². The van der Waals surface area contributed by atoms with Gasteiger partial charge >= 0.3 is 0 Å². The first kappa shape index (κ1) is 17.8. The standard InChI is InChI=1S/C17H29NO3/c1-12(2)15(8-9-19)18-11-14-6-7-16(21-13(3)4)17(10-14)20-5/h6-7,10,12-13,15,18-19H,8-9,11H2,1-5H3. The summed E-state index contributed by atoms with van der Waals surface area (Å²) in [4.78, 5) is 0. The van der Waals surface area contributed by atoms with Crippen molar-refractivity contribution in [3.63, 3.8) is 0 Å². The first-order valence-electron chi connectivity index (χ1n) is 7.65. The van der Waals surface area contributed by atoms with Crippen molar-refractivity contribution in [2.45, 2.75) is 52.8 Å². The predicted molar refractivity (Wildman–Crippen MR) is 85.9 cm³/mol. The molecule has 0 saturated carbocycles. The highest BCUT2D eigenvalue weighted by Gasteiger charge is 2.13. The number of hydrogen-bond acceptors (Lipinski definition) is 4. The summed E-state index contributed by atoms with van der Waals surface area (Å²) < 4.78 is 11.1. The smallest absolute Gasteiger partial charge is 0.161 e. The van der Waals surface area contributed by atoms with E-state index in [2.05, 4.69) is 19.2 Å². The fourth-order valence-electron chi connectivity index (χ4n) is 2.23. The molecule has 1 aromatic carbocycles. The van der Waals surface area contributed by atoms with Gasteiger partial charge in [-0.15, -0.1) is 0 Å². The zero-order valence-corrected chi connectivity index (χ0v) is 13.8. The van der Waals surface area contributed by atoms with Crippen LogP contribution in [0, 0.1) is 5.92 Å². The molecule has 0 radical (unpaired) electrons. The number of aliphatic hydroxyl groups excluding tert-OH is 1. The Morgan fingerprint density at radius 3 is 2.38 bits per heavy atom. The van der Waals surface area contributed by atoms with E-state index in [-0.39, 0.29) is 12.7 Å². The lowest BCUT2D eigenvalue weighted by Crippen LogP contribution is -2.34. The molecule has 0 spiro atoms. The largest absolute Gasteiger partial charge is 0.493 e. The molecule has 1 rings (SSSR count). The van der Waals surface area contributed by atoms with Gasteiger partial charge in [-0.25, -0.2) is 0 Å². The molecule has 120 valence electrons. The van der Waals surface area contributed by atoms with Crippen LogP contribution in [0.1, 0.15) is 39.7 Å². The van der Waals surface area contributed by atoms with Gasteiger partial charge in [0.1, 0.15) is 0 Å². The molecule has 0 aliphatic heterocycles. The van der Waals surface area contributed by atoms with E-state index in [4.69, 9.17) is 14.6 Å². The van der Waals surface area contributed by atoms with Crippen LogP contribution in [0.4, 0.5) is 0 Å². The third-order valence-electron chi connectivity index (χ3n) is 3.40. The molecule has 1 aromatic rings. The second-order valence-electron chi connectivity index (χ2n) is 5.90. The number of hydrogen-bond donors (Lipinski definition) is 2. The van der Waals surface area contributed by atoms with Crippen molar-refractivity contribution in [2.24, 2.45) is 5.92 Å². The lowest BCUT2D eigenvalue weighted by Gasteiger charge is -2.22. The van der Waals surface area contributed by atoms with Gasteiger partial charge in [0.15, 0.2) is 11.5 Å². The first-order valence-corrected chi connectivity index (χ1v) is 7.65. The number of nitrogens with one attached hydrogen (secondary N) is 1. The average Bonchev–Trinajstić information content (AvgIpc) is 2.43. The molecule has 0 aromatic heterocycles. The highest BCUT2D eigenvalue weighted by atomic mass is 16.5. The van der Waals surface area contributed by atoms with Crippen molar-refractivity contribution < 1.29 is 14.6 Å². The Labute approximate surface area is 128 Å². The summed E-state index contributed by atoms with van der Waals surface area (Å²) >= 11 is 0. The number of rotatable bonds is 9. The minimum absolute atomic E-state index is 0.123. The van der Waals surface area contributed by atoms with Crippen LogP contribution in [0.25, 0.3) is 0 Å². The van der Waals surface area contributed by atoms with E-state index in [9.17, 15) is 0 Å². The monoisotopic (exact) mass is 295 g/mol. The summed E-state index contributed by atoms with van der Waals surface area (Å²) in [7, 11) is 1.66. The van der Waals surface area contributed by atoms with Crippen molar-refractivity contribution in [1.82, 2.24) is 5.32 Å².